The zero-order valence-electron chi connectivity index (χ0n) is 9.07. The predicted molar refractivity (Wildman–Crippen MR) is 55.1 cm³/mol. The van der Waals surface area contributed by atoms with Crippen molar-refractivity contribution in [1.82, 2.24) is 0 Å². The molecule has 0 aliphatic heterocycles. The molecule has 0 saturated carbocycles. The summed E-state index contributed by atoms with van der Waals surface area (Å²) in [5.74, 6) is 0. The number of alkyl halides is 3. The zero-order chi connectivity index (χ0) is 11.8. The summed E-state index contributed by atoms with van der Waals surface area (Å²) < 4.78 is 36.1. The molecule has 0 atom stereocenters. The highest BCUT2D eigenvalue weighted by Crippen LogP contribution is 2.26. The highest BCUT2D eigenvalue weighted by molar-refractivity contribution is 5.28. The Balaban J connectivity index is 0. The predicted octanol–water partition coefficient (Wildman–Crippen LogP) is 4.65. The molecule has 0 heterocycles. The van der Waals surface area contributed by atoms with Crippen LogP contribution in [0.25, 0.3) is 0 Å². The summed E-state index contributed by atoms with van der Waals surface area (Å²) in [5, 5.41) is 0. The van der Waals surface area contributed by atoms with Crippen molar-refractivity contribution in [1.29, 1.82) is 0 Å². The van der Waals surface area contributed by atoms with Gasteiger partial charge in [-0.15, -0.1) is 0 Å². The maximum atomic E-state index is 12.0. The van der Waals surface area contributed by atoms with Gasteiger partial charge >= 0.3 is 6.18 Å². The summed E-state index contributed by atoms with van der Waals surface area (Å²) in [6.07, 6.45) is -0.884. The van der Waals surface area contributed by atoms with Crippen molar-refractivity contribution in [3.05, 3.63) is 36.0 Å². The van der Waals surface area contributed by atoms with E-state index in [4.69, 9.17) is 0 Å². The fourth-order valence-corrected chi connectivity index (χ4v) is 0.586. The van der Waals surface area contributed by atoms with Gasteiger partial charge in [0.15, 0.2) is 0 Å². The van der Waals surface area contributed by atoms with Crippen molar-refractivity contribution in [2.24, 2.45) is 0 Å². The van der Waals surface area contributed by atoms with Crippen LogP contribution in [0.5, 0.6) is 0 Å². The summed E-state index contributed by atoms with van der Waals surface area (Å²) in [5.41, 5.74) is -0.0518. The highest BCUT2D eigenvalue weighted by Gasteiger charge is 2.30. The van der Waals surface area contributed by atoms with E-state index in [1.165, 1.54) is 13.0 Å². The minimum atomic E-state index is -4.26. The summed E-state index contributed by atoms with van der Waals surface area (Å²) in [6.45, 7) is 10.5. The molecule has 0 fully saturated rings. The molecule has 0 bridgehead atoms. The van der Waals surface area contributed by atoms with Gasteiger partial charge < -0.3 is 0 Å². The first kappa shape index (κ1) is 15.5. The Morgan fingerprint density at radius 3 is 1.79 bits per heavy atom. The molecule has 3 heteroatoms. The molecule has 82 valence electrons. The summed E-state index contributed by atoms with van der Waals surface area (Å²) >= 11 is 0. The van der Waals surface area contributed by atoms with Crippen molar-refractivity contribution < 1.29 is 13.2 Å². The van der Waals surface area contributed by atoms with Gasteiger partial charge in [0.05, 0.1) is 5.57 Å². The average Bonchev–Trinajstić information content (AvgIpc) is 2.06. The average molecular weight is 206 g/mol. The zero-order valence-corrected chi connectivity index (χ0v) is 9.07. The summed E-state index contributed by atoms with van der Waals surface area (Å²) in [4.78, 5) is 0. The van der Waals surface area contributed by atoms with Crippen molar-refractivity contribution >= 4 is 0 Å². The Kier molecular flexibility index (Phi) is 8.20. The van der Waals surface area contributed by atoms with E-state index in [0.29, 0.717) is 5.57 Å². The van der Waals surface area contributed by atoms with Gasteiger partial charge in [-0.1, -0.05) is 44.2 Å². The van der Waals surface area contributed by atoms with Crippen LogP contribution in [0.4, 0.5) is 13.2 Å². The third kappa shape index (κ3) is 7.65. The Labute approximate surface area is 83.8 Å². The molecule has 0 aromatic heterocycles. The van der Waals surface area contributed by atoms with Crippen LogP contribution in [0.3, 0.4) is 0 Å². The lowest BCUT2D eigenvalue weighted by molar-refractivity contribution is -0.0883. The van der Waals surface area contributed by atoms with Crippen molar-refractivity contribution in [3.8, 4) is 0 Å². The molecule has 0 aromatic rings. The Hall–Kier alpha value is -0.990. The monoisotopic (exact) mass is 206 g/mol. The molecule has 0 spiro atoms. The number of allylic oxidation sites excluding steroid dienone is 5. The SMILES string of the molecule is C=C(C)/C=C\C(=C/C)C(F)(F)F.CC. The number of hydrogen-bond acceptors (Lipinski definition) is 0. The van der Waals surface area contributed by atoms with Crippen molar-refractivity contribution in [2.75, 3.05) is 0 Å². The summed E-state index contributed by atoms with van der Waals surface area (Å²) in [7, 11) is 0. The number of rotatable bonds is 2. The molecule has 0 unspecified atom stereocenters. The molecule has 0 aromatic carbocycles. The molecular weight excluding hydrogens is 189 g/mol. The van der Waals surface area contributed by atoms with Crippen LogP contribution in [0.1, 0.15) is 27.7 Å². The van der Waals surface area contributed by atoms with Crippen LogP contribution in [0, 0.1) is 0 Å². The molecule has 0 radical (unpaired) electrons. The smallest absolute Gasteiger partial charge is 0.166 e. The van der Waals surface area contributed by atoms with Gasteiger partial charge in [0, 0.05) is 0 Å². The summed E-state index contributed by atoms with van der Waals surface area (Å²) in [6, 6.07) is 0. The first-order chi connectivity index (χ1) is 6.38. The fraction of sp³-hybridized carbons (Fsp3) is 0.455. The molecule has 0 nitrogen and oxygen atoms in total. The van der Waals surface area contributed by atoms with E-state index in [0.717, 1.165) is 12.2 Å². The van der Waals surface area contributed by atoms with Gasteiger partial charge in [-0.2, -0.15) is 13.2 Å². The molecule has 0 N–H and O–H groups in total. The second-order valence-electron chi connectivity index (χ2n) is 2.42. The third-order valence-corrected chi connectivity index (χ3v) is 1.19. The van der Waals surface area contributed by atoms with E-state index in [9.17, 15) is 13.2 Å². The van der Waals surface area contributed by atoms with E-state index >= 15 is 0 Å². The van der Waals surface area contributed by atoms with Crippen LogP contribution in [0.15, 0.2) is 36.0 Å². The van der Waals surface area contributed by atoms with Gasteiger partial charge in [0.1, 0.15) is 0 Å². The first-order valence-electron chi connectivity index (χ1n) is 4.45. The van der Waals surface area contributed by atoms with Crippen LogP contribution in [-0.2, 0) is 0 Å². The minimum absolute atomic E-state index is 0.596. The van der Waals surface area contributed by atoms with E-state index in [1.807, 2.05) is 13.8 Å². The Morgan fingerprint density at radius 2 is 1.57 bits per heavy atom. The van der Waals surface area contributed by atoms with Crippen LogP contribution < -0.4 is 0 Å². The number of hydrogen-bond donors (Lipinski definition) is 0. The van der Waals surface area contributed by atoms with E-state index < -0.39 is 11.7 Å². The van der Waals surface area contributed by atoms with Gasteiger partial charge in [-0.25, -0.2) is 0 Å². The normalized spacial score (nSPS) is 12.4. The topological polar surface area (TPSA) is 0 Å². The van der Waals surface area contributed by atoms with Crippen LogP contribution in [0.2, 0.25) is 0 Å². The second kappa shape index (κ2) is 7.42. The van der Waals surface area contributed by atoms with E-state index in [1.54, 1.807) is 6.92 Å². The van der Waals surface area contributed by atoms with Crippen molar-refractivity contribution in [3.63, 3.8) is 0 Å². The molecule has 0 aliphatic rings. The lowest BCUT2D eigenvalue weighted by Crippen LogP contribution is -2.09. The number of halogens is 3. The van der Waals surface area contributed by atoms with E-state index in [2.05, 4.69) is 6.58 Å². The molecule has 14 heavy (non-hydrogen) atoms. The van der Waals surface area contributed by atoms with Gasteiger partial charge in [0.2, 0.25) is 0 Å². The third-order valence-electron chi connectivity index (χ3n) is 1.19. The highest BCUT2D eigenvalue weighted by atomic mass is 19.4. The van der Waals surface area contributed by atoms with Gasteiger partial charge in [-0.05, 0) is 13.8 Å². The van der Waals surface area contributed by atoms with Crippen LogP contribution >= 0.6 is 0 Å². The lowest BCUT2D eigenvalue weighted by Gasteiger charge is -2.05. The second-order valence-corrected chi connectivity index (χ2v) is 2.42. The Morgan fingerprint density at radius 1 is 1.14 bits per heavy atom. The minimum Gasteiger partial charge on any atom is -0.166 e. The first-order valence-corrected chi connectivity index (χ1v) is 4.45. The molecule has 0 saturated heterocycles. The maximum Gasteiger partial charge on any atom is 0.416 e. The quantitative estimate of drug-likeness (QED) is 0.577. The van der Waals surface area contributed by atoms with Crippen molar-refractivity contribution in [2.45, 2.75) is 33.9 Å². The Bertz CT molecular complexity index is 219. The van der Waals surface area contributed by atoms with Crippen LogP contribution in [-0.4, -0.2) is 6.18 Å². The molecule has 0 aliphatic carbocycles. The standard InChI is InChI=1S/C9H11F3.C2H6/c1-4-8(9(10,11)12)6-5-7(2)3;1-2/h4-6H,2H2,1,3H3;1-2H3/b6-5-,8-4+;. The van der Waals surface area contributed by atoms with Gasteiger partial charge in [-0.3, -0.25) is 0 Å². The molecular formula is C11H17F3. The lowest BCUT2D eigenvalue weighted by atomic mass is 10.2. The van der Waals surface area contributed by atoms with E-state index in [-0.39, 0.29) is 0 Å². The van der Waals surface area contributed by atoms with Gasteiger partial charge in [0.25, 0.3) is 0 Å². The molecule has 0 amide bonds. The fourth-order valence-electron chi connectivity index (χ4n) is 0.586. The maximum absolute atomic E-state index is 12.0. The largest absolute Gasteiger partial charge is 0.416 e. The molecule has 0 rings (SSSR count).